The first kappa shape index (κ1) is 13.0. The van der Waals surface area contributed by atoms with Crippen LogP contribution in [0.5, 0.6) is 0 Å². The van der Waals surface area contributed by atoms with Crippen molar-refractivity contribution in [3.05, 3.63) is 29.8 Å². The summed E-state index contributed by atoms with van der Waals surface area (Å²) >= 11 is 0. The Hall–Kier alpha value is -2.04. The topological polar surface area (TPSA) is 78.9 Å². The summed E-state index contributed by atoms with van der Waals surface area (Å²) in [4.78, 5) is 14.2. The van der Waals surface area contributed by atoms with Gasteiger partial charge in [0.15, 0.2) is 5.84 Å². The molecule has 1 aromatic rings. The number of hydrogen-bond acceptors (Lipinski definition) is 3. The van der Waals surface area contributed by atoms with E-state index < -0.39 is 0 Å². The lowest BCUT2D eigenvalue weighted by Gasteiger charge is -2.21. The zero-order valence-electron chi connectivity index (χ0n) is 11.5. The lowest BCUT2D eigenvalue weighted by atomic mass is 10.1. The largest absolute Gasteiger partial charge is 0.409 e. The number of oxime groups is 1. The van der Waals surface area contributed by atoms with Gasteiger partial charge >= 0.3 is 0 Å². The van der Waals surface area contributed by atoms with Gasteiger partial charge in [-0.05, 0) is 36.8 Å². The summed E-state index contributed by atoms with van der Waals surface area (Å²) in [6.45, 7) is 0. The highest BCUT2D eigenvalue weighted by atomic mass is 16.4. The molecule has 0 saturated heterocycles. The fourth-order valence-corrected chi connectivity index (χ4v) is 3.57. The van der Waals surface area contributed by atoms with Crippen molar-refractivity contribution in [1.29, 1.82) is 0 Å². The molecule has 5 heteroatoms. The van der Waals surface area contributed by atoms with Crippen molar-refractivity contribution in [1.82, 2.24) is 0 Å². The lowest BCUT2D eigenvalue weighted by molar-refractivity contribution is -0.120. The van der Waals surface area contributed by atoms with Gasteiger partial charge in [0.1, 0.15) is 0 Å². The molecule has 1 aromatic carbocycles. The first-order valence-electron chi connectivity index (χ1n) is 6.99. The number of fused-ring (bicyclic) bond motifs is 1. The molecule has 2 fully saturated rings. The number of amides is 1. The monoisotopic (exact) mass is 273 g/mol. The second-order valence-corrected chi connectivity index (χ2v) is 5.68. The van der Waals surface area contributed by atoms with Gasteiger partial charge in [0, 0.05) is 18.5 Å². The van der Waals surface area contributed by atoms with Crippen LogP contribution in [0.15, 0.2) is 29.4 Å². The highest BCUT2D eigenvalue weighted by molar-refractivity contribution is 6.07. The van der Waals surface area contributed by atoms with Crippen LogP contribution >= 0.6 is 0 Å². The van der Waals surface area contributed by atoms with Crippen LogP contribution in [0.25, 0.3) is 0 Å². The number of nitrogens with two attached hydrogens (primary N) is 1. The summed E-state index contributed by atoms with van der Waals surface area (Å²) in [6, 6.07) is 7.23. The van der Waals surface area contributed by atoms with Gasteiger partial charge in [-0.2, -0.15) is 0 Å². The predicted octanol–water partition coefficient (Wildman–Crippen LogP) is 1.79. The Labute approximate surface area is 118 Å². The molecule has 0 aromatic heterocycles. The minimum atomic E-state index is 0.0243. The Balaban J connectivity index is 1.84. The third-order valence-electron chi connectivity index (χ3n) is 4.67. The zero-order valence-corrected chi connectivity index (χ0v) is 11.5. The summed E-state index contributed by atoms with van der Waals surface area (Å²) in [5.74, 6) is 1.52. The zero-order chi connectivity index (χ0) is 14.3. The van der Waals surface area contributed by atoms with E-state index in [-0.39, 0.29) is 17.7 Å². The minimum absolute atomic E-state index is 0.0243. The first-order valence-corrected chi connectivity index (χ1v) is 6.99. The van der Waals surface area contributed by atoms with Gasteiger partial charge in [-0.3, -0.25) is 4.79 Å². The molecule has 2 aliphatic rings. The number of benzene rings is 1. The number of anilines is 1. The van der Waals surface area contributed by atoms with Crippen molar-refractivity contribution in [2.24, 2.45) is 28.6 Å². The van der Waals surface area contributed by atoms with E-state index in [2.05, 4.69) is 5.16 Å². The molecule has 1 amide bonds. The number of carbonyl (C=O) groups is 1. The van der Waals surface area contributed by atoms with Crippen LogP contribution in [0.4, 0.5) is 5.69 Å². The second-order valence-electron chi connectivity index (χ2n) is 5.68. The Morgan fingerprint density at radius 2 is 2.00 bits per heavy atom. The molecule has 0 spiro atoms. The molecule has 2 saturated carbocycles. The van der Waals surface area contributed by atoms with E-state index in [1.54, 1.807) is 24.1 Å². The number of rotatable bonds is 3. The summed E-state index contributed by atoms with van der Waals surface area (Å²) < 4.78 is 0. The molecule has 0 heterocycles. The molecule has 3 rings (SSSR count). The second kappa shape index (κ2) is 4.81. The maximum atomic E-state index is 12.6. The van der Waals surface area contributed by atoms with Crippen molar-refractivity contribution < 1.29 is 10.0 Å². The van der Waals surface area contributed by atoms with Gasteiger partial charge in [0.2, 0.25) is 5.91 Å². The van der Waals surface area contributed by atoms with Crippen molar-refractivity contribution >= 4 is 17.4 Å². The van der Waals surface area contributed by atoms with E-state index in [1.165, 1.54) is 19.3 Å². The van der Waals surface area contributed by atoms with Gasteiger partial charge < -0.3 is 15.8 Å². The van der Waals surface area contributed by atoms with E-state index in [9.17, 15) is 4.79 Å². The number of amidine groups is 1. The quantitative estimate of drug-likeness (QED) is 0.381. The van der Waals surface area contributed by atoms with E-state index in [0.29, 0.717) is 23.1 Å². The highest BCUT2D eigenvalue weighted by Gasteiger charge is 2.57. The van der Waals surface area contributed by atoms with Crippen molar-refractivity contribution in [2.75, 3.05) is 11.9 Å². The van der Waals surface area contributed by atoms with E-state index in [0.717, 1.165) is 0 Å². The summed E-state index contributed by atoms with van der Waals surface area (Å²) in [5.41, 5.74) is 6.95. The molecular formula is C15H19N3O2. The summed E-state index contributed by atoms with van der Waals surface area (Å²) in [6.07, 6.45) is 3.61. The third kappa shape index (κ3) is 1.94. The van der Waals surface area contributed by atoms with E-state index in [4.69, 9.17) is 10.9 Å². The van der Waals surface area contributed by atoms with Crippen LogP contribution in [-0.2, 0) is 4.79 Å². The van der Waals surface area contributed by atoms with Gasteiger partial charge in [-0.1, -0.05) is 23.7 Å². The average molecular weight is 273 g/mol. The first-order chi connectivity index (χ1) is 9.65. The molecule has 2 unspecified atom stereocenters. The molecule has 2 atom stereocenters. The van der Waals surface area contributed by atoms with Gasteiger partial charge in [0.25, 0.3) is 0 Å². The minimum Gasteiger partial charge on any atom is -0.409 e. The fourth-order valence-electron chi connectivity index (χ4n) is 3.57. The van der Waals surface area contributed by atoms with E-state index >= 15 is 0 Å². The summed E-state index contributed by atoms with van der Waals surface area (Å²) in [7, 11) is 1.76. The molecule has 0 aliphatic heterocycles. The SMILES string of the molecule is CN(C(=O)C1C2CCCC21)c1ccccc1/C(N)=N/O. The van der Waals surface area contributed by atoms with Gasteiger partial charge in [0.05, 0.1) is 5.69 Å². The molecule has 5 nitrogen and oxygen atoms in total. The number of hydrogen-bond donors (Lipinski definition) is 2. The van der Waals surface area contributed by atoms with Crippen LogP contribution in [0, 0.1) is 17.8 Å². The predicted molar refractivity (Wildman–Crippen MR) is 76.7 cm³/mol. The van der Waals surface area contributed by atoms with Crippen molar-refractivity contribution in [3.8, 4) is 0 Å². The maximum Gasteiger partial charge on any atom is 0.230 e. The third-order valence-corrected chi connectivity index (χ3v) is 4.67. The number of para-hydroxylation sites is 1. The molecule has 0 radical (unpaired) electrons. The van der Waals surface area contributed by atoms with Crippen LogP contribution in [0.1, 0.15) is 24.8 Å². The fraction of sp³-hybridized carbons (Fsp3) is 0.467. The normalized spacial score (nSPS) is 28.1. The molecule has 0 bridgehead atoms. The van der Waals surface area contributed by atoms with E-state index in [1.807, 2.05) is 12.1 Å². The maximum absolute atomic E-state index is 12.6. The van der Waals surface area contributed by atoms with Crippen molar-refractivity contribution in [2.45, 2.75) is 19.3 Å². The average Bonchev–Trinajstić information content (AvgIpc) is 2.97. The smallest absolute Gasteiger partial charge is 0.230 e. The molecule has 106 valence electrons. The molecule has 20 heavy (non-hydrogen) atoms. The molecule has 2 aliphatic carbocycles. The van der Waals surface area contributed by atoms with Crippen LogP contribution in [0.2, 0.25) is 0 Å². The van der Waals surface area contributed by atoms with Crippen LogP contribution < -0.4 is 10.6 Å². The van der Waals surface area contributed by atoms with Crippen LogP contribution in [-0.4, -0.2) is 24.0 Å². The highest BCUT2D eigenvalue weighted by Crippen LogP contribution is 2.58. The standard InChI is InChI=1S/C15H19N3O2/c1-18(15(19)13-9-6-4-7-10(9)13)12-8-3-2-5-11(12)14(16)17-20/h2-3,5,8-10,13,20H,4,6-7H2,1H3,(H2,16,17). The van der Waals surface area contributed by atoms with Crippen LogP contribution in [0.3, 0.4) is 0 Å². The summed E-state index contributed by atoms with van der Waals surface area (Å²) in [5, 5.41) is 11.9. The van der Waals surface area contributed by atoms with Gasteiger partial charge in [-0.15, -0.1) is 0 Å². The van der Waals surface area contributed by atoms with Gasteiger partial charge in [-0.25, -0.2) is 0 Å². The Morgan fingerprint density at radius 3 is 2.65 bits per heavy atom. The Bertz CT molecular complexity index is 560. The molecular weight excluding hydrogens is 254 g/mol. The Kier molecular flexibility index (Phi) is 3.12. The lowest BCUT2D eigenvalue weighted by Crippen LogP contribution is -2.31. The molecule has 3 N–H and O–H groups in total. The van der Waals surface area contributed by atoms with Crippen molar-refractivity contribution in [3.63, 3.8) is 0 Å². The number of nitrogens with zero attached hydrogens (tertiary/aromatic N) is 2. The Morgan fingerprint density at radius 1 is 1.35 bits per heavy atom. The number of carbonyl (C=O) groups excluding carboxylic acids is 1.